The van der Waals surface area contributed by atoms with Crippen molar-refractivity contribution in [3.8, 4) is 45.0 Å². The van der Waals surface area contributed by atoms with Gasteiger partial charge < -0.3 is 19.9 Å². The summed E-state index contributed by atoms with van der Waals surface area (Å²) in [7, 11) is 0. The number of benzene rings is 5. The third-order valence-electron chi connectivity index (χ3n) is 7.35. The highest BCUT2D eigenvalue weighted by Gasteiger charge is 2.09. The molecule has 0 radical (unpaired) electrons. The lowest BCUT2D eigenvalue weighted by molar-refractivity contribution is 0.572. The molecule has 44 heavy (non-hydrogen) atoms. The Morgan fingerprint density at radius 1 is 0.614 bits per heavy atom. The van der Waals surface area contributed by atoms with E-state index in [0.717, 1.165) is 39.5 Å². The van der Waals surface area contributed by atoms with Gasteiger partial charge in [0.25, 0.3) is 0 Å². The smallest absolute Gasteiger partial charge is 0.225 e. The van der Waals surface area contributed by atoms with Gasteiger partial charge in [-0.1, -0.05) is 60.7 Å². The second-order valence-electron chi connectivity index (χ2n) is 10.5. The minimum absolute atomic E-state index is 0.642. The first-order valence-corrected chi connectivity index (χ1v) is 14.3. The number of nitrogens with two attached hydrogens (primary N) is 1. The highest BCUT2D eigenvalue weighted by molar-refractivity contribution is 5.76. The standard InChI is InChI=1S/C22H18N2O.C16H14N2O/c1-16-7-8-18(22-23-13-14-25-22)15-21(16)17-9-11-20(12-10-17)24-19-5-3-2-4-6-19;1-11-2-3-13(16-9-18-10-19-16)8-15(11)12-4-6-14(17)7-5-12/h2-15,24H,1H3;2-10H,17H2,1H3. The fraction of sp³-hybridized carbons (Fsp3) is 0.0526. The van der Waals surface area contributed by atoms with E-state index in [9.17, 15) is 0 Å². The summed E-state index contributed by atoms with van der Waals surface area (Å²) in [5, 5.41) is 3.41. The number of nitrogens with zero attached hydrogens (tertiary/aromatic N) is 2. The molecule has 0 aliphatic rings. The Balaban J connectivity index is 0.000000162. The molecule has 0 amide bonds. The number of nitrogens with one attached hydrogen (secondary N) is 1. The second-order valence-corrected chi connectivity index (χ2v) is 10.5. The highest BCUT2D eigenvalue weighted by atomic mass is 16.3. The van der Waals surface area contributed by atoms with Gasteiger partial charge in [-0.05, 0) is 102 Å². The fourth-order valence-corrected chi connectivity index (χ4v) is 4.96. The summed E-state index contributed by atoms with van der Waals surface area (Å²) < 4.78 is 10.8. The summed E-state index contributed by atoms with van der Waals surface area (Å²) in [4.78, 5) is 8.19. The second kappa shape index (κ2) is 13.0. The molecule has 0 spiro atoms. The zero-order valence-corrected chi connectivity index (χ0v) is 24.6. The summed E-state index contributed by atoms with van der Waals surface area (Å²) in [6.45, 7) is 4.21. The number of nitrogen functional groups attached to an aromatic ring is 1. The number of hydrogen-bond donors (Lipinski definition) is 2. The van der Waals surface area contributed by atoms with Crippen LogP contribution in [0.5, 0.6) is 0 Å². The van der Waals surface area contributed by atoms with Crippen LogP contribution in [0.15, 0.2) is 149 Å². The van der Waals surface area contributed by atoms with Crippen LogP contribution in [0.25, 0.3) is 45.0 Å². The molecule has 7 rings (SSSR count). The number of anilines is 3. The molecule has 0 bridgehead atoms. The first-order chi connectivity index (χ1) is 21.5. The molecule has 2 heterocycles. The molecule has 3 N–H and O–H groups in total. The number of rotatable bonds is 6. The van der Waals surface area contributed by atoms with Gasteiger partial charge >= 0.3 is 0 Å². The van der Waals surface area contributed by atoms with E-state index < -0.39 is 0 Å². The summed E-state index contributed by atoms with van der Waals surface area (Å²) in [5.41, 5.74) is 17.8. The molecule has 6 nitrogen and oxygen atoms in total. The van der Waals surface area contributed by atoms with Crippen molar-refractivity contribution in [3.05, 3.63) is 151 Å². The third-order valence-corrected chi connectivity index (χ3v) is 7.35. The summed E-state index contributed by atoms with van der Waals surface area (Å²) in [5.74, 6) is 1.42. The molecular weight excluding hydrogens is 544 g/mol. The van der Waals surface area contributed by atoms with E-state index in [4.69, 9.17) is 14.6 Å². The van der Waals surface area contributed by atoms with Gasteiger partial charge in [-0.25, -0.2) is 9.97 Å². The fourth-order valence-electron chi connectivity index (χ4n) is 4.96. The van der Waals surface area contributed by atoms with Crippen LogP contribution in [0.4, 0.5) is 17.1 Å². The Bertz CT molecular complexity index is 1930. The van der Waals surface area contributed by atoms with Crippen LogP contribution in [0.1, 0.15) is 11.1 Å². The molecule has 0 aliphatic heterocycles. The molecule has 0 atom stereocenters. The third kappa shape index (κ3) is 6.61. The Morgan fingerprint density at radius 2 is 1.20 bits per heavy atom. The molecule has 0 fully saturated rings. The minimum atomic E-state index is 0.642. The number of aromatic nitrogens is 2. The van der Waals surface area contributed by atoms with Crippen molar-refractivity contribution in [1.29, 1.82) is 0 Å². The van der Waals surface area contributed by atoms with Crippen molar-refractivity contribution in [2.75, 3.05) is 11.1 Å². The van der Waals surface area contributed by atoms with Crippen LogP contribution in [0.2, 0.25) is 0 Å². The molecule has 5 aromatic carbocycles. The molecule has 0 saturated carbocycles. The van der Waals surface area contributed by atoms with E-state index in [2.05, 4.69) is 89.8 Å². The monoisotopic (exact) mass is 576 g/mol. The molecule has 7 aromatic rings. The summed E-state index contributed by atoms with van der Waals surface area (Å²) >= 11 is 0. The zero-order chi connectivity index (χ0) is 30.3. The molecule has 0 saturated heterocycles. The van der Waals surface area contributed by atoms with Crippen molar-refractivity contribution in [3.63, 3.8) is 0 Å². The Labute approximate surface area is 256 Å². The van der Waals surface area contributed by atoms with Crippen LogP contribution < -0.4 is 11.1 Å². The Kier molecular flexibility index (Phi) is 8.32. The molecule has 6 heteroatoms. The highest BCUT2D eigenvalue weighted by Crippen LogP contribution is 2.31. The number of oxazole rings is 2. The maximum atomic E-state index is 5.73. The lowest BCUT2D eigenvalue weighted by Gasteiger charge is -2.10. The zero-order valence-electron chi connectivity index (χ0n) is 24.6. The van der Waals surface area contributed by atoms with Crippen molar-refractivity contribution in [2.24, 2.45) is 0 Å². The quantitative estimate of drug-likeness (QED) is 0.192. The maximum absolute atomic E-state index is 5.73. The normalized spacial score (nSPS) is 10.6. The number of aryl methyl sites for hydroxylation is 2. The summed E-state index contributed by atoms with van der Waals surface area (Å²) in [6, 6.07) is 39.0. The van der Waals surface area contributed by atoms with Crippen LogP contribution in [0, 0.1) is 13.8 Å². The first-order valence-electron chi connectivity index (χ1n) is 14.3. The van der Waals surface area contributed by atoms with Gasteiger partial charge in [0, 0.05) is 28.2 Å². The first kappa shape index (κ1) is 28.2. The van der Waals surface area contributed by atoms with E-state index in [1.54, 1.807) is 18.7 Å². The van der Waals surface area contributed by atoms with Crippen LogP contribution in [-0.2, 0) is 0 Å². The molecule has 0 aliphatic carbocycles. The van der Waals surface area contributed by atoms with Crippen LogP contribution >= 0.6 is 0 Å². The van der Waals surface area contributed by atoms with Crippen molar-refractivity contribution >= 4 is 17.1 Å². The predicted molar refractivity (Wildman–Crippen MR) is 178 cm³/mol. The average Bonchev–Trinajstić information content (AvgIpc) is 3.79. The number of hydrogen-bond acceptors (Lipinski definition) is 6. The van der Waals surface area contributed by atoms with Crippen molar-refractivity contribution < 1.29 is 8.83 Å². The SMILES string of the molecule is Cc1ccc(-c2cnco2)cc1-c1ccc(N)cc1.Cc1ccc(-c2ncco2)cc1-c1ccc(Nc2ccccc2)cc1. The molecule has 0 unspecified atom stereocenters. The van der Waals surface area contributed by atoms with Gasteiger partial charge in [-0.15, -0.1) is 0 Å². The summed E-state index contributed by atoms with van der Waals surface area (Å²) in [6.07, 6.45) is 6.42. The van der Waals surface area contributed by atoms with Crippen molar-refractivity contribution in [2.45, 2.75) is 13.8 Å². The van der Waals surface area contributed by atoms with Gasteiger partial charge in [0.1, 0.15) is 6.26 Å². The predicted octanol–water partition coefficient (Wildman–Crippen LogP) is 9.96. The lowest BCUT2D eigenvalue weighted by Crippen LogP contribution is -1.90. The van der Waals surface area contributed by atoms with E-state index in [1.165, 1.54) is 34.2 Å². The van der Waals surface area contributed by atoms with Crippen LogP contribution in [-0.4, -0.2) is 9.97 Å². The topological polar surface area (TPSA) is 90.1 Å². The van der Waals surface area contributed by atoms with Gasteiger partial charge in [0.05, 0.1) is 12.4 Å². The lowest BCUT2D eigenvalue weighted by atomic mass is 9.97. The average molecular weight is 577 g/mol. The van der Waals surface area contributed by atoms with E-state index in [-0.39, 0.29) is 0 Å². The largest absolute Gasteiger partial charge is 0.445 e. The van der Waals surface area contributed by atoms with Gasteiger partial charge in [-0.2, -0.15) is 0 Å². The number of para-hydroxylation sites is 1. The van der Waals surface area contributed by atoms with Crippen molar-refractivity contribution in [1.82, 2.24) is 9.97 Å². The molecular formula is C38H32N4O2. The Hall–Kier alpha value is -5.88. The van der Waals surface area contributed by atoms with Gasteiger partial charge in [-0.3, -0.25) is 0 Å². The Morgan fingerprint density at radius 3 is 1.82 bits per heavy atom. The van der Waals surface area contributed by atoms with Gasteiger partial charge in [0.15, 0.2) is 12.2 Å². The van der Waals surface area contributed by atoms with Crippen LogP contribution in [0.3, 0.4) is 0 Å². The minimum Gasteiger partial charge on any atom is -0.445 e. The van der Waals surface area contributed by atoms with E-state index in [0.29, 0.717) is 5.89 Å². The molecule has 216 valence electrons. The molecule has 2 aromatic heterocycles. The maximum Gasteiger partial charge on any atom is 0.225 e. The van der Waals surface area contributed by atoms with E-state index >= 15 is 0 Å². The van der Waals surface area contributed by atoms with E-state index in [1.807, 2.05) is 54.6 Å². The van der Waals surface area contributed by atoms with Gasteiger partial charge in [0.2, 0.25) is 5.89 Å².